The zero-order chi connectivity index (χ0) is 24.7. The monoisotopic (exact) mass is 670 g/mol. The third-order valence-corrected chi connectivity index (χ3v) is 6.67. The van der Waals surface area contributed by atoms with E-state index in [1.54, 1.807) is 25.3 Å². The Morgan fingerprint density at radius 3 is 2.53 bits per heavy atom. The van der Waals surface area contributed by atoms with Gasteiger partial charge in [0.05, 0.1) is 15.2 Å². The number of nitrogens with zero attached hydrogens (tertiary/aromatic N) is 1. The average Bonchev–Trinajstić information content (AvgIpc) is 2.82. The Kier molecular flexibility index (Phi) is 9.65. The maximum Gasteiger partial charge on any atom is 0.262 e. The van der Waals surface area contributed by atoms with Gasteiger partial charge in [-0.15, -0.1) is 0 Å². The van der Waals surface area contributed by atoms with Crippen LogP contribution in [0.25, 0.3) is 6.08 Å². The SMILES string of the molecule is COc1ccc(CNC(=O)/C(C#N)=C\c2cc(Br)c(OCc3ccc(Cl)cc3Cl)c(I)c2)cc1. The average molecular weight is 672 g/mol. The first-order valence-electron chi connectivity index (χ1n) is 9.89. The summed E-state index contributed by atoms with van der Waals surface area (Å²) < 4.78 is 12.6. The Bertz CT molecular complexity index is 1250. The van der Waals surface area contributed by atoms with E-state index < -0.39 is 5.91 Å². The van der Waals surface area contributed by atoms with Crippen LogP contribution in [0, 0.1) is 14.9 Å². The number of hydrogen-bond donors (Lipinski definition) is 1. The van der Waals surface area contributed by atoms with Crippen molar-refractivity contribution in [2.45, 2.75) is 13.2 Å². The summed E-state index contributed by atoms with van der Waals surface area (Å²) in [6.45, 7) is 0.556. The molecule has 5 nitrogen and oxygen atoms in total. The van der Waals surface area contributed by atoms with Gasteiger partial charge >= 0.3 is 0 Å². The van der Waals surface area contributed by atoms with Crippen molar-refractivity contribution < 1.29 is 14.3 Å². The summed E-state index contributed by atoms with van der Waals surface area (Å²) in [5.74, 6) is 0.907. The zero-order valence-corrected chi connectivity index (χ0v) is 23.1. The number of nitriles is 1. The van der Waals surface area contributed by atoms with Crippen LogP contribution < -0.4 is 14.8 Å². The number of carbonyl (C=O) groups excluding carboxylic acids is 1. The number of carbonyl (C=O) groups is 1. The minimum atomic E-state index is -0.456. The molecular weight excluding hydrogens is 654 g/mol. The highest BCUT2D eigenvalue weighted by Gasteiger charge is 2.13. The standard InChI is InChI=1S/C25H18BrCl2IN2O3/c1-33-20-6-2-15(3-7-20)13-31-25(32)18(12-30)8-16-9-21(26)24(23(29)10-16)34-14-17-4-5-19(27)11-22(17)28/h2-11H,13-14H2,1H3,(H,31,32)/b18-8-. The zero-order valence-electron chi connectivity index (χ0n) is 17.9. The van der Waals surface area contributed by atoms with E-state index in [0.717, 1.165) is 20.4 Å². The second-order valence-corrected chi connectivity index (χ2v) is 9.90. The minimum absolute atomic E-state index is 0.00201. The minimum Gasteiger partial charge on any atom is -0.497 e. The van der Waals surface area contributed by atoms with Crippen LogP contribution in [0.3, 0.4) is 0 Å². The van der Waals surface area contributed by atoms with Gasteiger partial charge in [0, 0.05) is 22.2 Å². The molecule has 34 heavy (non-hydrogen) atoms. The number of ether oxygens (including phenoxy) is 2. The highest BCUT2D eigenvalue weighted by Crippen LogP contribution is 2.34. The molecule has 1 N–H and O–H groups in total. The second-order valence-electron chi connectivity index (χ2n) is 7.04. The molecule has 0 aliphatic rings. The van der Waals surface area contributed by atoms with E-state index in [1.807, 2.05) is 42.5 Å². The van der Waals surface area contributed by atoms with Crippen molar-refractivity contribution in [3.8, 4) is 17.6 Å². The van der Waals surface area contributed by atoms with Gasteiger partial charge in [-0.1, -0.05) is 41.4 Å². The lowest BCUT2D eigenvalue weighted by Crippen LogP contribution is -2.23. The first-order valence-corrected chi connectivity index (χ1v) is 12.5. The van der Waals surface area contributed by atoms with Gasteiger partial charge in [-0.05, 0) is 92.1 Å². The van der Waals surface area contributed by atoms with Gasteiger partial charge in [0.15, 0.2) is 0 Å². The maximum atomic E-state index is 12.5. The van der Waals surface area contributed by atoms with E-state index in [4.69, 9.17) is 32.7 Å². The Balaban J connectivity index is 1.70. The fraction of sp³-hybridized carbons (Fsp3) is 0.120. The fourth-order valence-corrected chi connectivity index (χ4v) is 5.16. The summed E-state index contributed by atoms with van der Waals surface area (Å²) >= 11 is 17.8. The van der Waals surface area contributed by atoms with Gasteiger partial charge in [0.1, 0.15) is 29.7 Å². The van der Waals surface area contributed by atoms with Crippen molar-refractivity contribution in [3.05, 3.63) is 94.9 Å². The van der Waals surface area contributed by atoms with Crippen molar-refractivity contribution in [2.75, 3.05) is 7.11 Å². The molecule has 3 aromatic rings. The van der Waals surface area contributed by atoms with Crippen molar-refractivity contribution in [2.24, 2.45) is 0 Å². The molecule has 0 fully saturated rings. The number of halogens is 4. The largest absolute Gasteiger partial charge is 0.497 e. The van der Waals surface area contributed by atoms with Crippen LogP contribution in [0.2, 0.25) is 10.0 Å². The second kappa shape index (κ2) is 12.5. The third kappa shape index (κ3) is 7.12. The third-order valence-electron chi connectivity index (χ3n) is 4.70. The molecule has 0 bridgehead atoms. The highest BCUT2D eigenvalue weighted by atomic mass is 127. The molecule has 0 spiro atoms. The summed E-state index contributed by atoms with van der Waals surface area (Å²) in [4.78, 5) is 12.5. The van der Waals surface area contributed by atoms with Gasteiger partial charge < -0.3 is 14.8 Å². The summed E-state index contributed by atoms with van der Waals surface area (Å²) in [6.07, 6.45) is 1.54. The van der Waals surface area contributed by atoms with E-state index in [9.17, 15) is 10.1 Å². The number of rotatable bonds is 8. The van der Waals surface area contributed by atoms with Crippen molar-refractivity contribution in [1.29, 1.82) is 5.26 Å². The van der Waals surface area contributed by atoms with Gasteiger partial charge in [0.25, 0.3) is 5.91 Å². The normalized spacial score (nSPS) is 11.0. The van der Waals surface area contributed by atoms with E-state index in [1.165, 1.54) is 6.08 Å². The number of benzene rings is 3. The molecule has 0 saturated heterocycles. The number of nitrogens with one attached hydrogen (secondary N) is 1. The molecular formula is C25H18BrCl2IN2O3. The lowest BCUT2D eigenvalue weighted by atomic mass is 10.1. The Morgan fingerprint density at radius 2 is 1.91 bits per heavy atom. The number of methoxy groups -OCH3 is 1. The van der Waals surface area contributed by atoms with Gasteiger partial charge in [-0.25, -0.2) is 0 Å². The molecule has 1 amide bonds. The molecule has 3 aromatic carbocycles. The fourth-order valence-electron chi connectivity index (χ4n) is 2.93. The van der Waals surface area contributed by atoms with Crippen molar-refractivity contribution >= 4 is 73.7 Å². The predicted molar refractivity (Wildman–Crippen MR) is 146 cm³/mol. The molecule has 0 saturated carbocycles. The van der Waals surface area contributed by atoms with Gasteiger partial charge in [-0.3, -0.25) is 4.79 Å². The molecule has 9 heteroatoms. The number of hydrogen-bond acceptors (Lipinski definition) is 4. The van der Waals surface area contributed by atoms with E-state index in [-0.39, 0.29) is 12.2 Å². The van der Waals surface area contributed by atoms with E-state index >= 15 is 0 Å². The predicted octanol–water partition coefficient (Wildman–Crippen LogP) is 7.17. The van der Waals surface area contributed by atoms with E-state index in [0.29, 0.717) is 32.4 Å². The van der Waals surface area contributed by atoms with Crippen LogP contribution in [0.15, 0.2) is 64.6 Å². The first kappa shape index (κ1) is 26.4. The van der Waals surface area contributed by atoms with Crippen LogP contribution >= 0.6 is 61.7 Å². The van der Waals surface area contributed by atoms with Crippen LogP contribution in [0.4, 0.5) is 0 Å². The topological polar surface area (TPSA) is 71.3 Å². The van der Waals surface area contributed by atoms with Crippen LogP contribution in [0.5, 0.6) is 11.5 Å². The van der Waals surface area contributed by atoms with Crippen LogP contribution in [0.1, 0.15) is 16.7 Å². The highest BCUT2D eigenvalue weighted by molar-refractivity contribution is 14.1. The molecule has 0 unspecified atom stereocenters. The molecule has 3 rings (SSSR count). The van der Waals surface area contributed by atoms with Gasteiger partial charge in [0.2, 0.25) is 0 Å². The summed E-state index contributed by atoms with van der Waals surface area (Å²) in [5.41, 5.74) is 2.38. The first-order chi connectivity index (χ1) is 16.3. The van der Waals surface area contributed by atoms with Crippen LogP contribution in [-0.4, -0.2) is 13.0 Å². The summed E-state index contributed by atoms with van der Waals surface area (Å²) in [7, 11) is 1.59. The molecule has 0 aliphatic heterocycles. The lowest BCUT2D eigenvalue weighted by molar-refractivity contribution is -0.117. The lowest BCUT2D eigenvalue weighted by Gasteiger charge is -2.13. The Morgan fingerprint density at radius 1 is 1.18 bits per heavy atom. The Labute approximate surface area is 229 Å². The summed E-state index contributed by atoms with van der Waals surface area (Å²) in [6, 6.07) is 18.1. The maximum absolute atomic E-state index is 12.5. The molecule has 0 radical (unpaired) electrons. The number of amides is 1. The smallest absolute Gasteiger partial charge is 0.262 e. The van der Waals surface area contributed by atoms with Crippen molar-refractivity contribution in [1.82, 2.24) is 5.32 Å². The molecule has 0 aliphatic carbocycles. The Hall–Kier alpha value is -2.25. The molecule has 0 aromatic heterocycles. The van der Waals surface area contributed by atoms with Crippen molar-refractivity contribution in [3.63, 3.8) is 0 Å². The quantitative estimate of drug-likeness (QED) is 0.157. The summed E-state index contributed by atoms with van der Waals surface area (Å²) in [5, 5.41) is 13.4. The van der Waals surface area contributed by atoms with Crippen LogP contribution in [-0.2, 0) is 17.9 Å². The molecule has 0 atom stereocenters. The van der Waals surface area contributed by atoms with Gasteiger partial charge in [-0.2, -0.15) is 5.26 Å². The molecule has 174 valence electrons. The molecule has 0 heterocycles. The van der Waals surface area contributed by atoms with E-state index in [2.05, 4.69) is 43.8 Å².